The maximum absolute atomic E-state index is 14.3. The number of aromatic nitrogens is 2. The zero-order chi connectivity index (χ0) is 25.5. The molecule has 186 valence electrons. The van der Waals surface area contributed by atoms with Crippen molar-refractivity contribution in [1.82, 2.24) is 9.55 Å². The highest BCUT2D eigenvalue weighted by atomic mass is 19.4. The average Bonchev–Trinajstić information content (AvgIpc) is 3.21. The number of aryl methyl sites for hydroxylation is 2. The second-order valence-corrected chi connectivity index (χ2v) is 9.59. The monoisotopic (exact) mass is 488 g/mol. The normalized spacial score (nSPS) is 14.8. The highest BCUT2D eigenvalue weighted by molar-refractivity contribution is 5.90. The number of carboxylic acid groups (broad SMARTS) is 1. The second kappa shape index (κ2) is 9.03. The minimum absolute atomic E-state index is 0.128. The van der Waals surface area contributed by atoms with Crippen LogP contribution in [0.2, 0.25) is 0 Å². The van der Waals surface area contributed by atoms with Gasteiger partial charge in [0.2, 0.25) is 0 Å². The maximum Gasteiger partial charge on any atom is 0.416 e. The van der Waals surface area contributed by atoms with Crippen LogP contribution in [0.3, 0.4) is 0 Å². The first-order valence-corrected chi connectivity index (χ1v) is 11.2. The van der Waals surface area contributed by atoms with Crippen LogP contribution in [0.25, 0.3) is 22.4 Å². The second-order valence-electron chi connectivity index (χ2n) is 9.59. The predicted molar refractivity (Wildman–Crippen MR) is 124 cm³/mol. The van der Waals surface area contributed by atoms with E-state index >= 15 is 0 Å². The number of fused-ring (bicyclic) bond motifs is 1. The molecule has 0 amide bonds. The lowest BCUT2D eigenvalue weighted by molar-refractivity contribution is -0.163. The summed E-state index contributed by atoms with van der Waals surface area (Å²) in [7, 11) is 1.75. The van der Waals surface area contributed by atoms with E-state index in [0.717, 1.165) is 18.1 Å². The van der Waals surface area contributed by atoms with Gasteiger partial charge in [-0.25, -0.2) is 9.78 Å². The number of benzene rings is 2. The van der Waals surface area contributed by atoms with Gasteiger partial charge in [-0.15, -0.1) is 0 Å². The number of aliphatic carboxylic acids is 1. The fourth-order valence-corrected chi connectivity index (χ4v) is 4.32. The topological polar surface area (TPSA) is 73.6 Å². The van der Waals surface area contributed by atoms with Crippen molar-refractivity contribution in [1.29, 1.82) is 0 Å². The number of ether oxygens (including phenoxy) is 2. The largest absolute Gasteiger partial charge is 0.493 e. The summed E-state index contributed by atoms with van der Waals surface area (Å²) in [5, 5.41) is 10.1. The fraction of sp³-hybridized carbons (Fsp3) is 0.385. The molecule has 1 atom stereocenters. The molecule has 0 fully saturated rings. The molecule has 2 aromatic carbocycles. The van der Waals surface area contributed by atoms with Crippen molar-refractivity contribution in [2.75, 3.05) is 6.61 Å². The van der Waals surface area contributed by atoms with E-state index in [1.807, 2.05) is 0 Å². The predicted octanol–water partition coefficient (Wildman–Crippen LogP) is 6.04. The van der Waals surface area contributed by atoms with Gasteiger partial charge in [0.05, 0.1) is 29.8 Å². The van der Waals surface area contributed by atoms with Crippen molar-refractivity contribution in [2.45, 2.75) is 51.5 Å². The SMILES string of the molecule is Cn1cnc(-c2ccc(C(F)(F)F)c(C(OC(C)(C)C)C(=O)O)c2-c2ccc3c(c2)CCCO3)c1. The van der Waals surface area contributed by atoms with Crippen molar-refractivity contribution in [3.05, 3.63) is 59.5 Å². The van der Waals surface area contributed by atoms with Gasteiger partial charge in [0.1, 0.15) is 5.75 Å². The molecule has 0 radical (unpaired) electrons. The molecule has 0 aliphatic carbocycles. The molecule has 4 rings (SSSR count). The van der Waals surface area contributed by atoms with Crippen molar-refractivity contribution in [2.24, 2.45) is 7.05 Å². The summed E-state index contributed by atoms with van der Waals surface area (Å²) in [6.07, 6.45) is -1.97. The van der Waals surface area contributed by atoms with E-state index in [0.29, 0.717) is 35.6 Å². The lowest BCUT2D eigenvalue weighted by Gasteiger charge is -2.30. The quantitative estimate of drug-likeness (QED) is 0.474. The summed E-state index contributed by atoms with van der Waals surface area (Å²) in [6, 6.07) is 7.40. The minimum atomic E-state index is -4.81. The summed E-state index contributed by atoms with van der Waals surface area (Å²) >= 11 is 0. The molecule has 3 aromatic rings. The van der Waals surface area contributed by atoms with Gasteiger partial charge in [0, 0.05) is 24.4 Å². The Balaban J connectivity index is 2.09. The summed E-state index contributed by atoms with van der Waals surface area (Å²) in [4.78, 5) is 16.7. The van der Waals surface area contributed by atoms with Crippen LogP contribution in [0.15, 0.2) is 42.9 Å². The van der Waals surface area contributed by atoms with Crippen molar-refractivity contribution >= 4 is 5.97 Å². The lowest BCUT2D eigenvalue weighted by Crippen LogP contribution is -2.29. The van der Waals surface area contributed by atoms with Gasteiger partial charge in [-0.2, -0.15) is 13.2 Å². The first-order chi connectivity index (χ1) is 16.3. The standard InChI is InChI=1S/C26H27F3N2O4/c1-25(2,3)35-23(24(32)33)22-18(26(27,28)29)9-8-17(19-13-31(4)14-30-19)21(22)16-7-10-20-15(12-16)6-5-11-34-20/h7-10,12-14,23H,5-6,11H2,1-4H3,(H,32,33). The Hall–Kier alpha value is -3.33. The van der Waals surface area contributed by atoms with Gasteiger partial charge in [-0.05, 0) is 68.5 Å². The van der Waals surface area contributed by atoms with Crippen molar-refractivity contribution in [3.63, 3.8) is 0 Å². The maximum atomic E-state index is 14.3. The molecule has 0 saturated carbocycles. The Bertz CT molecular complexity index is 1260. The minimum Gasteiger partial charge on any atom is -0.493 e. The van der Waals surface area contributed by atoms with Crippen molar-refractivity contribution in [3.8, 4) is 28.1 Å². The lowest BCUT2D eigenvalue weighted by atomic mass is 9.85. The molecule has 1 aliphatic heterocycles. The Morgan fingerprint density at radius 1 is 1.20 bits per heavy atom. The summed E-state index contributed by atoms with van der Waals surface area (Å²) in [5.41, 5.74) is -0.289. The molecule has 2 heterocycles. The zero-order valence-electron chi connectivity index (χ0n) is 19.9. The third-order valence-corrected chi connectivity index (χ3v) is 5.69. The van der Waals surface area contributed by atoms with Crippen LogP contribution in [-0.4, -0.2) is 32.8 Å². The summed E-state index contributed by atoms with van der Waals surface area (Å²) in [5.74, 6) is -0.834. The van der Waals surface area contributed by atoms with E-state index in [-0.39, 0.29) is 5.56 Å². The van der Waals surface area contributed by atoms with Gasteiger partial charge >= 0.3 is 12.1 Å². The number of hydrogen-bond acceptors (Lipinski definition) is 4. The third-order valence-electron chi connectivity index (χ3n) is 5.69. The molecule has 1 unspecified atom stereocenters. The molecule has 1 N–H and O–H groups in total. The van der Waals surface area contributed by atoms with E-state index in [2.05, 4.69) is 4.98 Å². The Kier molecular flexibility index (Phi) is 6.40. The van der Waals surface area contributed by atoms with E-state index in [4.69, 9.17) is 9.47 Å². The number of alkyl halides is 3. The van der Waals surface area contributed by atoms with Crippen molar-refractivity contribution < 1.29 is 32.5 Å². The number of nitrogens with zero attached hydrogens (tertiary/aromatic N) is 2. The molecular weight excluding hydrogens is 461 g/mol. The first-order valence-electron chi connectivity index (χ1n) is 11.2. The Labute approximate surface area is 201 Å². The molecule has 6 nitrogen and oxygen atoms in total. The van der Waals surface area contributed by atoms with Crippen LogP contribution < -0.4 is 4.74 Å². The Morgan fingerprint density at radius 3 is 2.54 bits per heavy atom. The molecular formula is C26H27F3N2O4. The van der Waals surface area contributed by atoms with Gasteiger partial charge < -0.3 is 19.1 Å². The van der Waals surface area contributed by atoms with Crippen LogP contribution in [0.5, 0.6) is 5.75 Å². The Morgan fingerprint density at radius 2 is 1.94 bits per heavy atom. The number of carbonyl (C=O) groups is 1. The van der Waals surface area contributed by atoms with Gasteiger partial charge in [-0.1, -0.05) is 12.1 Å². The number of halogens is 3. The summed E-state index contributed by atoms with van der Waals surface area (Å²) in [6.45, 7) is 5.39. The number of imidazole rings is 1. The van der Waals surface area contributed by atoms with E-state index in [9.17, 15) is 23.1 Å². The molecule has 0 bridgehead atoms. The van der Waals surface area contributed by atoms with Crippen LogP contribution in [0.1, 0.15) is 50.0 Å². The average molecular weight is 489 g/mol. The molecule has 1 aromatic heterocycles. The summed E-state index contributed by atoms with van der Waals surface area (Å²) < 4.78 is 56.1. The molecule has 35 heavy (non-hydrogen) atoms. The number of hydrogen-bond donors (Lipinski definition) is 1. The third kappa shape index (κ3) is 5.19. The van der Waals surface area contributed by atoms with Gasteiger partial charge in [0.15, 0.2) is 6.10 Å². The van der Waals surface area contributed by atoms with Gasteiger partial charge in [-0.3, -0.25) is 0 Å². The zero-order valence-corrected chi connectivity index (χ0v) is 19.9. The smallest absolute Gasteiger partial charge is 0.416 e. The molecule has 9 heteroatoms. The molecule has 1 aliphatic rings. The molecule has 0 saturated heterocycles. The highest BCUT2D eigenvalue weighted by Gasteiger charge is 2.41. The van der Waals surface area contributed by atoms with Gasteiger partial charge in [0.25, 0.3) is 0 Å². The van der Waals surface area contributed by atoms with E-state index in [1.54, 1.807) is 56.8 Å². The van der Waals surface area contributed by atoms with E-state index < -0.39 is 35.0 Å². The van der Waals surface area contributed by atoms with E-state index in [1.165, 1.54) is 12.4 Å². The fourth-order valence-electron chi connectivity index (χ4n) is 4.32. The van der Waals surface area contributed by atoms with Crippen LogP contribution in [-0.2, 0) is 29.2 Å². The molecule has 0 spiro atoms. The van der Waals surface area contributed by atoms with Crippen LogP contribution in [0.4, 0.5) is 13.2 Å². The van der Waals surface area contributed by atoms with Crippen LogP contribution in [0, 0.1) is 0 Å². The first kappa shape index (κ1) is 24.8. The number of rotatable bonds is 5. The highest BCUT2D eigenvalue weighted by Crippen LogP contribution is 2.47. The number of carboxylic acids is 1. The van der Waals surface area contributed by atoms with Crippen LogP contribution >= 0.6 is 0 Å².